The molecule has 1 aromatic rings. The molecule has 1 aliphatic rings. The monoisotopic (exact) mass is 289 g/mol. The number of sulfonamides is 1. The van der Waals surface area contributed by atoms with Gasteiger partial charge in [0.15, 0.2) is 0 Å². The minimum absolute atomic E-state index is 0.0353. The van der Waals surface area contributed by atoms with E-state index < -0.39 is 10.0 Å². The van der Waals surface area contributed by atoms with Gasteiger partial charge < -0.3 is 4.74 Å². The van der Waals surface area contributed by atoms with Gasteiger partial charge in [-0.05, 0) is 25.0 Å². The third-order valence-electron chi connectivity index (χ3n) is 3.11. The van der Waals surface area contributed by atoms with E-state index in [2.05, 4.69) is 4.72 Å². The van der Waals surface area contributed by atoms with E-state index in [0.717, 1.165) is 25.7 Å². The molecular formula is C12H16ClNO3S. The van der Waals surface area contributed by atoms with Gasteiger partial charge in [-0.15, -0.1) is 0 Å². The molecule has 0 aromatic heterocycles. The smallest absolute Gasteiger partial charge is 0.242 e. The molecule has 0 radical (unpaired) electrons. The third kappa shape index (κ3) is 2.96. The Kier molecular flexibility index (Phi) is 4.14. The molecule has 0 amide bonds. The molecule has 1 aromatic carbocycles. The molecule has 0 atom stereocenters. The fourth-order valence-corrected chi connectivity index (χ4v) is 3.99. The first kappa shape index (κ1) is 13.6. The number of benzene rings is 1. The van der Waals surface area contributed by atoms with Crippen LogP contribution in [-0.4, -0.2) is 21.6 Å². The molecule has 0 aliphatic heterocycles. The maximum Gasteiger partial charge on any atom is 0.242 e. The quantitative estimate of drug-likeness (QED) is 0.927. The van der Waals surface area contributed by atoms with Crippen molar-refractivity contribution in [2.45, 2.75) is 36.6 Å². The van der Waals surface area contributed by atoms with Gasteiger partial charge in [0.25, 0.3) is 0 Å². The molecule has 0 unspecified atom stereocenters. The van der Waals surface area contributed by atoms with E-state index in [1.165, 1.54) is 19.2 Å². The van der Waals surface area contributed by atoms with Crippen molar-refractivity contribution in [1.82, 2.24) is 4.72 Å². The standard InChI is InChI=1S/C12H16ClNO3S/c1-17-10-6-7-12(11(13)8-10)18(15,16)14-9-4-2-3-5-9/h6-9,14H,2-5H2,1H3. The Balaban J connectivity index is 2.23. The third-order valence-corrected chi connectivity index (χ3v) is 5.11. The second-order valence-electron chi connectivity index (χ2n) is 4.40. The van der Waals surface area contributed by atoms with E-state index in [0.29, 0.717) is 5.75 Å². The minimum Gasteiger partial charge on any atom is -0.497 e. The van der Waals surface area contributed by atoms with E-state index in [4.69, 9.17) is 16.3 Å². The van der Waals surface area contributed by atoms with Crippen molar-refractivity contribution in [3.05, 3.63) is 23.2 Å². The van der Waals surface area contributed by atoms with Gasteiger partial charge in [0, 0.05) is 12.1 Å². The van der Waals surface area contributed by atoms with Crippen LogP contribution in [0.5, 0.6) is 5.75 Å². The van der Waals surface area contributed by atoms with Crippen LogP contribution in [0.15, 0.2) is 23.1 Å². The maximum atomic E-state index is 12.2. The Morgan fingerprint density at radius 2 is 2.00 bits per heavy atom. The predicted octanol–water partition coefficient (Wildman–Crippen LogP) is 2.57. The molecule has 1 fully saturated rings. The summed E-state index contributed by atoms with van der Waals surface area (Å²) in [7, 11) is -2.03. The van der Waals surface area contributed by atoms with Crippen molar-refractivity contribution in [1.29, 1.82) is 0 Å². The summed E-state index contributed by atoms with van der Waals surface area (Å²) in [5, 5.41) is 0.180. The van der Waals surface area contributed by atoms with Gasteiger partial charge in [-0.1, -0.05) is 24.4 Å². The zero-order valence-corrected chi connectivity index (χ0v) is 11.7. The average Bonchev–Trinajstić information content (AvgIpc) is 2.80. The summed E-state index contributed by atoms with van der Waals surface area (Å²) in [5.74, 6) is 0.541. The highest BCUT2D eigenvalue weighted by molar-refractivity contribution is 7.89. The SMILES string of the molecule is COc1ccc(S(=O)(=O)NC2CCCC2)c(Cl)c1. The molecule has 1 saturated carbocycles. The lowest BCUT2D eigenvalue weighted by Gasteiger charge is -2.13. The van der Waals surface area contributed by atoms with Crippen LogP contribution < -0.4 is 9.46 Å². The molecule has 1 N–H and O–H groups in total. The normalized spacial score (nSPS) is 17.0. The molecular weight excluding hydrogens is 274 g/mol. The number of hydrogen-bond acceptors (Lipinski definition) is 3. The van der Waals surface area contributed by atoms with Gasteiger partial charge in [0.2, 0.25) is 10.0 Å². The summed E-state index contributed by atoms with van der Waals surface area (Å²) in [6.45, 7) is 0. The van der Waals surface area contributed by atoms with Crippen LogP contribution in [0.2, 0.25) is 5.02 Å². The van der Waals surface area contributed by atoms with Crippen molar-refractivity contribution >= 4 is 21.6 Å². The fourth-order valence-electron chi connectivity index (χ4n) is 2.15. The van der Waals surface area contributed by atoms with E-state index in [1.807, 2.05) is 0 Å². The van der Waals surface area contributed by atoms with E-state index in [9.17, 15) is 8.42 Å². The van der Waals surface area contributed by atoms with Gasteiger partial charge in [0.1, 0.15) is 10.6 Å². The predicted molar refractivity (Wildman–Crippen MR) is 70.6 cm³/mol. The summed E-state index contributed by atoms with van der Waals surface area (Å²) >= 11 is 5.98. The molecule has 2 rings (SSSR count). The van der Waals surface area contributed by atoms with Crippen LogP contribution in [0, 0.1) is 0 Å². The largest absolute Gasteiger partial charge is 0.497 e. The van der Waals surface area contributed by atoms with Crippen LogP contribution in [-0.2, 0) is 10.0 Å². The van der Waals surface area contributed by atoms with Gasteiger partial charge in [-0.25, -0.2) is 13.1 Å². The summed E-state index contributed by atoms with van der Waals surface area (Å²) < 4.78 is 32.0. The number of rotatable bonds is 4. The highest BCUT2D eigenvalue weighted by Crippen LogP contribution is 2.27. The van der Waals surface area contributed by atoms with Crippen LogP contribution in [0.1, 0.15) is 25.7 Å². The van der Waals surface area contributed by atoms with Crippen LogP contribution in [0.3, 0.4) is 0 Å². The van der Waals surface area contributed by atoms with Gasteiger partial charge >= 0.3 is 0 Å². The first-order valence-electron chi connectivity index (χ1n) is 5.89. The molecule has 6 heteroatoms. The van der Waals surface area contributed by atoms with Crippen molar-refractivity contribution in [3.8, 4) is 5.75 Å². The van der Waals surface area contributed by atoms with Gasteiger partial charge in [-0.3, -0.25) is 0 Å². The van der Waals surface area contributed by atoms with E-state index in [1.54, 1.807) is 6.07 Å². The van der Waals surface area contributed by atoms with Crippen molar-refractivity contribution < 1.29 is 13.2 Å². The van der Waals surface area contributed by atoms with Crippen LogP contribution in [0.4, 0.5) is 0 Å². The second kappa shape index (κ2) is 5.47. The summed E-state index contributed by atoms with van der Waals surface area (Å²) in [6, 6.07) is 4.60. The molecule has 0 saturated heterocycles. The molecule has 0 spiro atoms. The first-order valence-corrected chi connectivity index (χ1v) is 7.75. The number of hydrogen-bond donors (Lipinski definition) is 1. The molecule has 4 nitrogen and oxygen atoms in total. The van der Waals surface area contributed by atoms with Crippen molar-refractivity contribution in [2.24, 2.45) is 0 Å². The average molecular weight is 290 g/mol. The van der Waals surface area contributed by atoms with Crippen LogP contribution >= 0.6 is 11.6 Å². The van der Waals surface area contributed by atoms with Crippen molar-refractivity contribution in [3.63, 3.8) is 0 Å². The molecule has 100 valence electrons. The van der Waals surface area contributed by atoms with Gasteiger partial charge in [-0.2, -0.15) is 0 Å². The van der Waals surface area contributed by atoms with E-state index in [-0.39, 0.29) is 16.0 Å². The Morgan fingerprint density at radius 3 is 2.56 bits per heavy atom. The zero-order chi connectivity index (χ0) is 13.2. The Hall–Kier alpha value is -0.780. The lowest BCUT2D eigenvalue weighted by Crippen LogP contribution is -2.32. The summed E-state index contributed by atoms with van der Waals surface area (Å²) in [4.78, 5) is 0.108. The topological polar surface area (TPSA) is 55.4 Å². The summed E-state index contributed by atoms with van der Waals surface area (Å²) in [6.07, 6.45) is 3.94. The summed E-state index contributed by atoms with van der Waals surface area (Å²) in [5.41, 5.74) is 0. The molecule has 0 heterocycles. The Labute approximate surface area is 112 Å². The number of halogens is 1. The highest BCUT2D eigenvalue weighted by atomic mass is 35.5. The lowest BCUT2D eigenvalue weighted by molar-refractivity contribution is 0.414. The number of nitrogens with one attached hydrogen (secondary N) is 1. The molecule has 0 bridgehead atoms. The Morgan fingerprint density at radius 1 is 1.33 bits per heavy atom. The molecule has 18 heavy (non-hydrogen) atoms. The maximum absolute atomic E-state index is 12.2. The van der Waals surface area contributed by atoms with Crippen LogP contribution in [0.25, 0.3) is 0 Å². The molecule has 1 aliphatic carbocycles. The highest BCUT2D eigenvalue weighted by Gasteiger charge is 2.24. The number of methoxy groups -OCH3 is 1. The lowest BCUT2D eigenvalue weighted by atomic mass is 10.3. The second-order valence-corrected chi connectivity index (χ2v) is 6.49. The minimum atomic E-state index is -3.54. The fraction of sp³-hybridized carbons (Fsp3) is 0.500. The number of ether oxygens (including phenoxy) is 1. The van der Waals surface area contributed by atoms with Crippen molar-refractivity contribution in [2.75, 3.05) is 7.11 Å². The zero-order valence-electron chi connectivity index (χ0n) is 10.1. The first-order chi connectivity index (χ1) is 8.53. The van der Waals surface area contributed by atoms with Gasteiger partial charge in [0.05, 0.1) is 12.1 Å². The van der Waals surface area contributed by atoms with E-state index >= 15 is 0 Å². The Bertz CT molecular complexity index is 524.